The van der Waals surface area contributed by atoms with Crippen LogP contribution in [0.3, 0.4) is 0 Å². The summed E-state index contributed by atoms with van der Waals surface area (Å²) in [6.07, 6.45) is 3.52. The SMILES string of the molecule is CCCCOc1cccc(CNC(=NC)N2CCN(S(=O)(=O)Cc3ccon3)CC2)c1. The molecule has 2 heterocycles. The van der Waals surface area contributed by atoms with Gasteiger partial charge in [0.25, 0.3) is 0 Å². The van der Waals surface area contributed by atoms with Gasteiger partial charge < -0.3 is 19.5 Å². The van der Waals surface area contributed by atoms with E-state index in [1.807, 2.05) is 24.3 Å². The first-order valence-electron chi connectivity index (χ1n) is 10.6. The number of piperazine rings is 1. The first-order chi connectivity index (χ1) is 15.0. The molecular weight excluding hydrogens is 418 g/mol. The number of guanidine groups is 1. The molecule has 2 aromatic rings. The molecule has 1 aliphatic heterocycles. The average molecular weight is 450 g/mol. The summed E-state index contributed by atoms with van der Waals surface area (Å²) in [6.45, 7) is 5.42. The van der Waals surface area contributed by atoms with Crippen molar-refractivity contribution in [2.75, 3.05) is 39.8 Å². The molecule has 1 aromatic heterocycles. The quantitative estimate of drug-likeness (QED) is 0.355. The highest BCUT2D eigenvalue weighted by atomic mass is 32.2. The van der Waals surface area contributed by atoms with E-state index in [1.54, 1.807) is 13.1 Å². The van der Waals surface area contributed by atoms with Crippen LogP contribution in [-0.2, 0) is 22.3 Å². The predicted octanol–water partition coefficient (Wildman–Crippen LogP) is 2.08. The number of nitrogens with zero attached hydrogens (tertiary/aromatic N) is 4. The molecular formula is C21H31N5O4S. The summed E-state index contributed by atoms with van der Waals surface area (Å²) >= 11 is 0. The van der Waals surface area contributed by atoms with Crippen LogP contribution in [0.1, 0.15) is 31.0 Å². The van der Waals surface area contributed by atoms with Crippen LogP contribution in [-0.4, -0.2) is 68.6 Å². The third kappa shape index (κ3) is 6.70. The molecule has 9 nitrogen and oxygen atoms in total. The Kier molecular flexibility index (Phi) is 8.30. The third-order valence-electron chi connectivity index (χ3n) is 5.08. The highest BCUT2D eigenvalue weighted by Crippen LogP contribution is 2.15. The lowest BCUT2D eigenvalue weighted by Crippen LogP contribution is -2.53. The highest BCUT2D eigenvalue weighted by Gasteiger charge is 2.28. The summed E-state index contributed by atoms with van der Waals surface area (Å²) < 4.78 is 37.2. The summed E-state index contributed by atoms with van der Waals surface area (Å²) in [6, 6.07) is 9.60. The molecule has 0 spiro atoms. The standard InChI is InChI=1S/C21H31N5O4S/c1-3-4-13-29-20-7-5-6-18(15-20)16-23-21(22-2)25-9-11-26(12-10-25)31(27,28)17-19-8-14-30-24-19/h5-8,14-15H,3-4,9-13,16-17H2,1-2H3,(H,22,23). The first-order valence-corrected chi connectivity index (χ1v) is 12.2. The number of hydrogen-bond donors (Lipinski definition) is 1. The second-order valence-electron chi connectivity index (χ2n) is 7.38. The van der Waals surface area contributed by atoms with Crippen LogP contribution in [0, 0.1) is 0 Å². The van der Waals surface area contributed by atoms with Crippen molar-refractivity contribution in [3.63, 3.8) is 0 Å². The smallest absolute Gasteiger partial charge is 0.220 e. The van der Waals surface area contributed by atoms with Gasteiger partial charge in [-0.1, -0.05) is 30.6 Å². The van der Waals surface area contributed by atoms with Crippen molar-refractivity contribution in [2.45, 2.75) is 32.1 Å². The van der Waals surface area contributed by atoms with E-state index >= 15 is 0 Å². The van der Waals surface area contributed by atoms with Crippen LogP contribution >= 0.6 is 0 Å². The van der Waals surface area contributed by atoms with E-state index in [0.29, 0.717) is 38.4 Å². The second-order valence-corrected chi connectivity index (χ2v) is 9.35. The predicted molar refractivity (Wildman–Crippen MR) is 119 cm³/mol. The maximum absolute atomic E-state index is 12.6. The Bertz CT molecular complexity index is 938. The molecule has 31 heavy (non-hydrogen) atoms. The minimum Gasteiger partial charge on any atom is -0.494 e. The van der Waals surface area contributed by atoms with E-state index in [0.717, 1.165) is 36.7 Å². The number of aliphatic imine (C=N–C) groups is 1. The summed E-state index contributed by atoms with van der Waals surface area (Å²) in [4.78, 5) is 6.44. The van der Waals surface area contributed by atoms with Gasteiger partial charge in [0, 0.05) is 45.8 Å². The molecule has 3 rings (SSSR count). The van der Waals surface area contributed by atoms with Gasteiger partial charge in [-0.2, -0.15) is 4.31 Å². The zero-order chi connectivity index (χ0) is 22.1. The molecule has 0 radical (unpaired) electrons. The summed E-state index contributed by atoms with van der Waals surface area (Å²) in [5.74, 6) is 1.48. The highest BCUT2D eigenvalue weighted by molar-refractivity contribution is 7.88. The van der Waals surface area contributed by atoms with E-state index < -0.39 is 10.0 Å². The Morgan fingerprint density at radius 3 is 2.74 bits per heavy atom. The topological polar surface area (TPSA) is 100 Å². The molecule has 0 unspecified atom stereocenters. The lowest BCUT2D eigenvalue weighted by atomic mass is 10.2. The van der Waals surface area contributed by atoms with Crippen LogP contribution in [0.2, 0.25) is 0 Å². The number of hydrogen-bond acceptors (Lipinski definition) is 6. The van der Waals surface area contributed by atoms with Crippen molar-refractivity contribution in [1.29, 1.82) is 0 Å². The Balaban J connectivity index is 1.50. The number of unbranched alkanes of at least 4 members (excludes halogenated alkanes) is 1. The van der Waals surface area contributed by atoms with E-state index in [4.69, 9.17) is 9.26 Å². The molecule has 10 heteroatoms. The minimum absolute atomic E-state index is 0.146. The molecule has 0 aliphatic carbocycles. The molecule has 0 amide bonds. The maximum atomic E-state index is 12.6. The molecule has 170 valence electrons. The summed E-state index contributed by atoms with van der Waals surface area (Å²) in [7, 11) is -1.69. The van der Waals surface area contributed by atoms with Gasteiger partial charge in [0.05, 0.1) is 12.3 Å². The fraction of sp³-hybridized carbons (Fsp3) is 0.524. The van der Waals surface area contributed by atoms with E-state index in [1.165, 1.54) is 10.6 Å². The zero-order valence-electron chi connectivity index (χ0n) is 18.2. The van der Waals surface area contributed by atoms with Crippen LogP contribution in [0.25, 0.3) is 0 Å². The lowest BCUT2D eigenvalue weighted by molar-refractivity contribution is 0.259. The number of rotatable bonds is 9. The lowest BCUT2D eigenvalue weighted by Gasteiger charge is -2.35. The van der Waals surface area contributed by atoms with Gasteiger partial charge in [-0.25, -0.2) is 8.42 Å². The van der Waals surface area contributed by atoms with Crippen molar-refractivity contribution in [1.82, 2.24) is 19.7 Å². The summed E-state index contributed by atoms with van der Waals surface area (Å²) in [5, 5.41) is 7.07. The average Bonchev–Trinajstić information content (AvgIpc) is 3.27. The van der Waals surface area contributed by atoms with Crippen LogP contribution in [0.15, 0.2) is 46.1 Å². The molecule has 0 saturated carbocycles. The molecule has 1 aliphatic rings. The van der Waals surface area contributed by atoms with Crippen molar-refractivity contribution in [2.24, 2.45) is 4.99 Å². The molecule has 1 aromatic carbocycles. The first kappa shape index (κ1) is 23.1. The number of nitrogens with one attached hydrogen (secondary N) is 1. The Labute approximate surface area is 184 Å². The molecule has 0 bridgehead atoms. The largest absolute Gasteiger partial charge is 0.494 e. The van der Waals surface area contributed by atoms with Gasteiger partial charge in [-0.3, -0.25) is 4.99 Å². The van der Waals surface area contributed by atoms with Gasteiger partial charge in [0.2, 0.25) is 10.0 Å². The number of ether oxygens (including phenoxy) is 1. The fourth-order valence-corrected chi connectivity index (χ4v) is 4.79. The molecule has 1 N–H and O–H groups in total. The molecule has 1 saturated heterocycles. The van der Waals surface area contributed by atoms with Crippen molar-refractivity contribution < 1.29 is 17.7 Å². The normalized spacial score (nSPS) is 15.8. The fourth-order valence-electron chi connectivity index (χ4n) is 3.36. The maximum Gasteiger partial charge on any atom is 0.220 e. The third-order valence-corrected chi connectivity index (χ3v) is 6.89. The van der Waals surface area contributed by atoms with E-state index in [2.05, 4.69) is 27.3 Å². The molecule has 1 fully saturated rings. The Morgan fingerprint density at radius 1 is 1.26 bits per heavy atom. The number of benzene rings is 1. The van der Waals surface area contributed by atoms with Crippen LogP contribution in [0.4, 0.5) is 0 Å². The zero-order valence-corrected chi connectivity index (χ0v) is 19.0. The van der Waals surface area contributed by atoms with Crippen LogP contribution in [0.5, 0.6) is 5.75 Å². The Hall–Kier alpha value is -2.59. The Morgan fingerprint density at radius 2 is 2.06 bits per heavy atom. The number of sulfonamides is 1. The monoisotopic (exact) mass is 449 g/mol. The minimum atomic E-state index is -3.42. The van der Waals surface area contributed by atoms with Gasteiger partial charge in [-0.05, 0) is 24.1 Å². The van der Waals surface area contributed by atoms with Crippen molar-refractivity contribution in [3.05, 3.63) is 47.9 Å². The van der Waals surface area contributed by atoms with Gasteiger partial charge in [0.15, 0.2) is 5.96 Å². The van der Waals surface area contributed by atoms with Gasteiger partial charge >= 0.3 is 0 Å². The number of aromatic nitrogens is 1. The van der Waals surface area contributed by atoms with E-state index in [-0.39, 0.29) is 5.75 Å². The van der Waals surface area contributed by atoms with E-state index in [9.17, 15) is 8.42 Å². The van der Waals surface area contributed by atoms with Crippen molar-refractivity contribution >= 4 is 16.0 Å². The molecule has 0 atom stereocenters. The van der Waals surface area contributed by atoms with Crippen molar-refractivity contribution in [3.8, 4) is 5.75 Å². The van der Waals surface area contributed by atoms with Gasteiger partial charge in [0.1, 0.15) is 17.8 Å². The summed E-state index contributed by atoms with van der Waals surface area (Å²) in [5.41, 5.74) is 1.52. The van der Waals surface area contributed by atoms with Gasteiger partial charge in [-0.15, -0.1) is 0 Å². The van der Waals surface area contributed by atoms with Crippen LogP contribution < -0.4 is 10.1 Å². The second kappa shape index (κ2) is 11.1.